The van der Waals surface area contributed by atoms with Gasteiger partial charge in [0.2, 0.25) is 11.8 Å². The van der Waals surface area contributed by atoms with Gasteiger partial charge in [0, 0.05) is 31.6 Å². The molecule has 1 atom stereocenters. The van der Waals surface area contributed by atoms with Crippen LogP contribution in [0.1, 0.15) is 47.0 Å². The van der Waals surface area contributed by atoms with Gasteiger partial charge in [-0.2, -0.15) is 0 Å². The van der Waals surface area contributed by atoms with Crippen molar-refractivity contribution in [3.63, 3.8) is 0 Å². The predicted octanol–water partition coefficient (Wildman–Crippen LogP) is 0.892. The molecule has 0 aliphatic carbocycles. The number of amides is 2. The molecular weight excluding hydrogens is 242 g/mol. The van der Waals surface area contributed by atoms with Crippen LogP contribution in [-0.4, -0.2) is 47.9 Å². The third kappa shape index (κ3) is 6.05. The van der Waals surface area contributed by atoms with Crippen LogP contribution in [0.3, 0.4) is 0 Å². The van der Waals surface area contributed by atoms with Crippen LogP contribution in [0.25, 0.3) is 0 Å². The molecule has 1 fully saturated rings. The molecule has 5 heteroatoms. The van der Waals surface area contributed by atoms with Gasteiger partial charge in [-0.1, -0.05) is 0 Å². The minimum Gasteiger partial charge on any atom is -0.350 e. The van der Waals surface area contributed by atoms with E-state index in [1.165, 1.54) is 0 Å². The molecule has 0 radical (unpaired) electrons. The van der Waals surface area contributed by atoms with Crippen molar-refractivity contribution < 1.29 is 9.59 Å². The van der Waals surface area contributed by atoms with Crippen LogP contribution in [0.2, 0.25) is 0 Å². The molecule has 0 spiro atoms. The lowest BCUT2D eigenvalue weighted by Gasteiger charge is -2.24. The first-order valence-electron chi connectivity index (χ1n) is 7.13. The van der Waals surface area contributed by atoms with Gasteiger partial charge in [0.25, 0.3) is 0 Å². The van der Waals surface area contributed by atoms with Crippen molar-refractivity contribution in [1.82, 2.24) is 15.5 Å². The number of likely N-dealkylation sites (tertiary alicyclic amines) is 1. The van der Waals surface area contributed by atoms with E-state index >= 15 is 0 Å². The van der Waals surface area contributed by atoms with E-state index in [0.29, 0.717) is 13.0 Å². The first-order valence-corrected chi connectivity index (χ1v) is 7.13. The van der Waals surface area contributed by atoms with Crippen LogP contribution < -0.4 is 10.6 Å². The van der Waals surface area contributed by atoms with Crippen LogP contribution in [0.5, 0.6) is 0 Å². The number of nitrogens with zero attached hydrogens (tertiary/aromatic N) is 1. The second-order valence-corrected chi connectivity index (χ2v) is 6.25. The minimum absolute atomic E-state index is 0.0267. The van der Waals surface area contributed by atoms with Gasteiger partial charge in [-0.05, 0) is 40.5 Å². The summed E-state index contributed by atoms with van der Waals surface area (Å²) in [5, 5.41) is 6.02. The summed E-state index contributed by atoms with van der Waals surface area (Å²) in [7, 11) is 0. The molecule has 0 bridgehead atoms. The summed E-state index contributed by atoms with van der Waals surface area (Å²) in [6, 6.07) is -0.273. The third-order valence-corrected chi connectivity index (χ3v) is 3.14. The average molecular weight is 269 g/mol. The molecule has 19 heavy (non-hydrogen) atoms. The summed E-state index contributed by atoms with van der Waals surface area (Å²) >= 11 is 0. The Morgan fingerprint density at radius 2 is 1.79 bits per heavy atom. The number of hydrogen-bond acceptors (Lipinski definition) is 3. The standard InChI is InChI=1S/C14H27N3O2/c1-11(13(19)16-14(2,3)4)15-8-7-12(18)17-9-5-6-10-17/h11,15H,5-10H2,1-4H3,(H,16,19). The zero-order valence-electron chi connectivity index (χ0n) is 12.6. The molecule has 0 saturated carbocycles. The van der Waals surface area contributed by atoms with E-state index in [9.17, 15) is 9.59 Å². The Morgan fingerprint density at radius 1 is 1.21 bits per heavy atom. The van der Waals surface area contributed by atoms with Crippen LogP contribution in [0.15, 0.2) is 0 Å². The summed E-state index contributed by atoms with van der Waals surface area (Å²) in [5.41, 5.74) is -0.224. The molecular formula is C14H27N3O2. The fraction of sp³-hybridized carbons (Fsp3) is 0.857. The number of rotatable bonds is 5. The quantitative estimate of drug-likeness (QED) is 0.779. The van der Waals surface area contributed by atoms with Gasteiger partial charge < -0.3 is 15.5 Å². The monoisotopic (exact) mass is 269 g/mol. The highest BCUT2D eigenvalue weighted by atomic mass is 16.2. The fourth-order valence-corrected chi connectivity index (χ4v) is 2.09. The van der Waals surface area contributed by atoms with Crippen LogP contribution in [0, 0.1) is 0 Å². The van der Waals surface area contributed by atoms with E-state index in [-0.39, 0.29) is 23.4 Å². The normalized spacial score (nSPS) is 17.4. The number of hydrogen-bond donors (Lipinski definition) is 2. The molecule has 1 saturated heterocycles. The molecule has 1 aliphatic heterocycles. The van der Waals surface area contributed by atoms with Crippen molar-refractivity contribution in [3.05, 3.63) is 0 Å². The van der Waals surface area contributed by atoms with Gasteiger partial charge in [-0.15, -0.1) is 0 Å². The zero-order valence-corrected chi connectivity index (χ0v) is 12.6. The molecule has 1 rings (SSSR count). The van der Waals surface area contributed by atoms with Crippen molar-refractivity contribution in [2.24, 2.45) is 0 Å². The van der Waals surface area contributed by atoms with E-state index in [2.05, 4.69) is 10.6 Å². The number of carbonyl (C=O) groups excluding carboxylic acids is 2. The Kier molecular flexibility index (Phi) is 5.79. The fourth-order valence-electron chi connectivity index (χ4n) is 2.09. The summed E-state index contributed by atoms with van der Waals surface area (Å²) in [6.45, 7) is 10.0. The molecule has 2 N–H and O–H groups in total. The topological polar surface area (TPSA) is 61.4 Å². The van der Waals surface area contributed by atoms with Gasteiger partial charge in [0.05, 0.1) is 6.04 Å². The lowest BCUT2D eigenvalue weighted by atomic mass is 10.1. The molecule has 110 valence electrons. The van der Waals surface area contributed by atoms with Crippen LogP contribution >= 0.6 is 0 Å². The largest absolute Gasteiger partial charge is 0.350 e. The number of carbonyl (C=O) groups is 2. The highest BCUT2D eigenvalue weighted by Crippen LogP contribution is 2.08. The smallest absolute Gasteiger partial charge is 0.237 e. The molecule has 2 amide bonds. The summed E-state index contributed by atoms with van der Waals surface area (Å²) < 4.78 is 0. The van der Waals surface area contributed by atoms with Crippen molar-refractivity contribution in [2.75, 3.05) is 19.6 Å². The molecule has 1 heterocycles. The predicted molar refractivity (Wildman–Crippen MR) is 75.8 cm³/mol. The Balaban J connectivity index is 2.21. The zero-order chi connectivity index (χ0) is 14.5. The van der Waals surface area contributed by atoms with Crippen LogP contribution in [-0.2, 0) is 9.59 Å². The Bertz CT molecular complexity index is 317. The van der Waals surface area contributed by atoms with Crippen molar-refractivity contribution in [2.45, 2.75) is 58.5 Å². The second-order valence-electron chi connectivity index (χ2n) is 6.25. The molecule has 0 aromatic carbocycles. The molecule has 0 aromatic heterocycles. The molecule has 1 unspecified atom stereocenters. The first-order chi connectivity index (χ1) is 8.79. The van der Waals surface area contributed by atoms with E-state index in [1.807, 2.05) is 32.6 Å². The van der Waals surface area contributed by atoms with Crippen molar-refractivity contribution in [3.8, 4) is 0 Å². The van der Waals surface area contributed by atoms with Gasteiger partial charge in [-0.3, -0.25) is 9.59 Å². The van der Waals surface area contributed by atoms with Gasteiger partial charge in [0.15, 0.2) is 0 Å². The maximum atomic E-state index is 11.8. The summed E-state index contributed by atoms with van der Waals surface area (Å²) in [4.78, 5) is 25.5. The number of nitrogens with one attached hydrogen (secondary N) is 2. The van der Waals surface area contributed by atoms with E-state index in [4.69, 9.17) is 0 Å². The van der Waals surface area contributed by atoms with Gasteiger partial charge in [-0.25, -0.2) is 0 Å². The van der Waals surface area contributed by atoms with E-state index < -0.39 is 0 Å². The molecule has 5 nitrogen and oxygen atoms in total. The van der Waals surface area contributed by atoms with Gasteiger partial charge in [0.1, 0.15) is 0 Å². The summed E-state index contributed by atoms with van der Waals surface area (Å²) in [6.07, 6.45) is 2.69. The average Bonchev–Trinajstić information content (AvgIpc) is 2.79. The molecule has 0 aromatic rings. The molecule has 1 aliphatic rings. The first kappa shape index (κ1) is 16.0. The second kappa shape index (κ2) is 6.89. The van der Waals surface area contributed by atoms with Crippen LogP contribution in [0.4, 0.5) is 0 Å². The highest BCUT2D eigenvalue weighted by molar-refractivity contribution is 5.82. The Morgan fingerprint density at radius 3 is 2.32 bits per heavy atom. The van der Waals surface area contributed by atoms with E-state index in [1.54, 1.807) is 0 Å². The lowest BCUT2D eigenvalue weighted by molar-refractivity contribution is -0.130. The Hall–Kier alpha value is -1.10. The highest BCUT2D eigenvalue weighted by Gasteiger charge is 2.20. The maximum Gasteiger partial charge on any atom is 0.237 e. The Labute approximate surface area is 116 Å². The minimum atomic E-state index is -0.273. The maximum absolute atomic E-state index is 11.8. The van der Waals surface area contributed by atoms with Crippen molar-refractivity contribution in [1.29, 1.82) is 0 Å². The third-order valence-electron chi connectivity index (χ3n) is 3.14. The van der Waals surface area contributed by atoms with Gasteiger partial charge >= 0.3 is 0 Å². The summed E-state index contributed by atoms with van der Waals surface area (Å²) in [5.74, 6) is 0.162. The van der Waals surface area contributed by atoms with E-state index in [0.717, 1.165) is 25.9 Å². The lowest BCUT2D eigenvalue weighted by Crippen LogP contribution is -2.50. The SMILES string of the molecule is CC(NCCC(=O)N1CCCC1)C(=O)NC(C)(C)C. The van der Waals surface area contributed by atoms with Crippen molar-refractivity contribution >= 4 is 11.8 Å².